The third-order valence-electron chi connectivity index (χ3n) is 4.36. The summed E-state index contributed by atoms with van der Waals surface area (Å²) in [6.07, 6.45) is 0.948. The Hall–Kier alpha value is -1.59. The molecular weight excluding hydrogens is 410 g/mol. The Kier molecular flexibility index (Phi) is 6.11. The van der Waals surface area contributed by atoms with Gasteiger partial charge in [-0.05, 0) is 25.0 Å². The predicted molar refractivity (Wildman–Crippen MR) is 106 cm³/mol. The lowest BCUT2D eigenvalue weighted by molar-refractivity contribution is -0.120. The highest BCUT2D eigenvalue weighted by atomic mass is 35.5. The molecule has 0 saturated carbocycles. The zero-order valence-electron chi connectivity index (χ0n) is 14.9. The number of amides is 1. The normalized spacial score (nSPS) is 16.6. The van der Waals surface area contributed by atoms with Crippen molar-refractivity contribution in [3.05, 3.63) is 29.3 Å². The highest BCUT2D eigenvalue weighted by Gasteiger charge is 2.32. The van der Waals surface area contributed by atoms with Crippen molar-refractivity contribution in [1.29, 1.82) is 0 Å². The lowest BCUT2D eigenvalue weighted by Gasteiger charge is -2.31. The number of halogens is 1. The summed E-state index contributed by atoms with van der Waals surface area (Å²) in [5.41, 5.74) is 0.875. The third kappa shape index (κ3) is 4.64. The summed E-state index contributed by atoms with van der Waals surface area (Å²) in [5, 5.41) is 12.7. The van der Waals surface area contributed by atoms with E-state index in [0.717, 1.165) is 5.56 Å². The maximum Gasteiger partial charge on any atom is 0.281 e. The van der Waals surface area contributed by atoms with Crippen molar-refractivity contribution in [2.24, 2.45) is 5.92 Å². The second kappa shape index (κ2) is 8.19. The first-order valence-electron chi connectivity index (χ1n) is 8.35. The molecule has 1 amide bonds. The first kappa shape index (κ1) is 20.2. The van der Waals surface area contributed by atoms with Crippen molar-refractivity contribution in [3.8, 4) is 10.6 Å². The van der Waals surface area contributed by atoms with Crippen LogP contribution in [0.25, 0.3) is 10.6 Å². The van der Waals surface area contributed by atoms with E-state index in [1.807, 2.05) is 12.1 Å². The van der Waals surface area contributed by atoms with Crippen molar-refractivity contribution in [2.45, 2.75) is 12.8 Å². The second-order valence-electron chi connectivity index (χ2n) is 6.37. The van der Waals surface area contributed by atoms with E-state index in [-0.39, 0.29) is 11.8 Å². The molecule has 0 aliphatic carbocycles. The van der Waals surface area contributed by atoms with Gasteiger partial charge >= 0.3 is 0 Å². The summed E-state index contributed by atoms with van der Waals surface area (Å²) in [6.45, 7) is 0.648. The first-order valence-corrected chi connectivity index (χ1v) is 10.9. The predicted octanol–water partition coefficient (Wildman–Crippen LogP) is 2.32. The molecule has 1 aliphatic heterocycles. The molecule has 0 bridgehead atoms. The fraction of sp³-hybridized carbons (Fsp3) is 0.438. The minimum absolute atomic E-state index is 0.157. The monoisotopic (exact) mass is 429 g/mol. The van der Waals surface area contributed by atoms with Crippen LogP contribution in [0.2, 0.25) is 5.02 Å². The summed E-state index contributed by atoms with van der Waals surface area (Å²) in [4.78, 5) is 12.5. The highest BCUT2D eigenvalue weighted by Crippen LogP contribution is 2.28. The van der Waals surface area contributed by atoms with Crippen LogP contribution in [0.5, 0.6) is 0 Å². The van der Waals surface area contributed by atoms with Crippen LogP contribution in [0.4, 0.5) is 5.13 Å². The number of carbonyl (C=O) groups is 1. The number of nitrogens with one attached hydrogen (secondary N) is 1. The summed E-state index contributed by atoms with van der Waals surface area (Å²) in [5.74, 6) is -0.405. The lowest BCUT2D eigenvalue weighted by atomic mass is 9.97. The second-order valence-corrected chi connectivity index (χ2v) is 9.93. The third-order valence-corrected chi connectivity index (χ3v) is 7.44. The minimum atomic E-state index is -3.43. The molecule has 11 heteroatoms. The SMILES string of the molecule is CN(C)S(=O)(=O)N1CCC(C(=O)Nc2nnc(-c3ccc(Cl)cc3)s2)CC1. The number of nitrogens with zero attached hydrogens (tertiary/aromatic N) is 4. The standard InChI is InChI=1S/C16H20ClN5O3S2/c1-21(2)27(24,25)22-9-7-11(8-10-22)14(23)18-16-20-19-15(26-16)12-3-5-13(17)6-4-12/h3-6,11H,7-10H2,1-2H3,(H,18,20,23). The van der Waals surface area contributed by atoms with E-state index in [9.17, 15) is 13.2 Å². The van der Waals surface area contributed by atoms with Gasteiger partial charge in [0.15, 0.2) is 0 Å². The van der Waals surface area contributed by atoms with Gasteiger partial charge in [0.05, 0.1) is 0 Å². The summed E-state index contributed by atoms with van der Waals surface area (Å²) in [7, 11) is -0.429. The summed E-state index contributed by atoms with van der Waals surface area (Å²) >= 11 is 7.16. The molecule has 1 aliphatic rings. The van der Waals surface area contributed by atoms with Crippen LogP contribution in [-0.4, -0.2) is 60.3 Å². The van der Waals surface area contributed by atoms with Crippen LogP contribution in [0.1, 0.15) is 12.8 Å². The number of rotatable bonds is 5. The van der Waals surface area contributed by atoms with Crippen LogP contribution in [0.3, 0.4) is 0 Å². The molecule has 3 rings (SSSR count). The van der Waals surface area contributed by atoms with Gasteiger partial charge in [0, 0.05) is 43.7 Å². The maximum absolute atomic E-state index is 12.5. The fourth-order valence-electron chi connectivity index (χ4n) is 2.77. The molecule has 0 spiro atoms. The largest absolute Gasteiger partial charge is 0.300 e. The van der Waals surface area contributed by atoms with Crippen LogP contribution in [-0.2, 0) is 15.0 Å². The van der Waals surface area contributed by atoms with Crippen LogP contribution in [0.15, 0.2) is 24.3 Å². The Morgan fingerprint density at radius 1 is 1.22 bits per heavy atom. The smallest absolute Gasteiger partial charge is 0.281 e. The number of aromatic nitrogens is 2. The Balaban J connectivity index is 1.58. The van der Waals surface area contributed by atoms with E-state index < -0.39 is 10.2 Å². The van der Waals surface area contributed by atoms with Gasteiger partial charge in [-0.2, -0.15) is 17.0 Å². The van der Waals surface area contributed by atoms with Crippen LogP contribution < -0.4 is 5.32 Å². The molecule has 1 aromatic carbocycles. The van der Waals surface area contributed by atoms with Gasteiger partial charge in [-0.3, -0.25) is 4.79 Å². The molecule has 1 saturated heterocycles. The topological polar surface area (TPSA) is 95.5 Å². The Morgan fingerprint density at radius 3 is 2.44 bits per heavy atom. The maximum atomic E-state index is 12.5. The Morgan fingerprint density at radius 2 is 1.85 bits per heavy atom. The van der Waals surface area contributed by atoms with E-state index in [0.29, 0.717) is 41.1 Å². The van der Waals surface area contributed by atoms with E-state index in [1.165, 1.54) is 34.0 Å². The van der Waals surface area contributed by atoms with Gasteiger partial charge in [0.1, 0.15) is 5.01 Å². The molecule has 1 fully saturated rings. The minimum Gasteiger partial charge on any atom is -0.300 e. The summed E-state index contributed by atoms with van der Waals surface area (Å²) in [6, 6.07) is 7.23. The van der Waals surface area contributed by atoms with Crippen molar-refractivity contribution in [1.82, 2.24) is 18.8 Å². The van der Waals surface area contributed by atoms with Crippen molar-refractivity contribution >= 4 is 44.2 Å². The van der Waals surface area contributed by atoms with Gasteiger partial charge in [0.2, 0.25) is 11.0 Å². The van der Waals surface area contributed by atoms with Crippen molar-refractivity contribution in [2.75, 3.05) is 32.5 Å². The van der Waals surface area contributed by atoms with Crippen molar-refractivity contribution in [3.63, 3.8) is 0 Å². The zero-order valence-corrected chi connectivity index (χ0v) is 17.3. The van der Waals surface area contributed by atoms with Crippen LogP contribution in [0, 0.1) is 5.92 Å². The molecule has 8 nitrogen and oxygen atoms in total. The Bertz CT molecular complexity index is 906. The number of hydrogen-bond donors (Lipinski definition) is 1. The van der Waals surface area contributed by atoms with Gasteiger partial charge in [-0.25, -0.2) is 0 Å². The number of benzene rings is 1. The van der Waals surface area contributed by atoms with E-state index in [1.54, 1.807) is 12.1 Å². The van der Waals surface area contributed by atoms with Gasteiger partial charge in [0.25, 0.3) is 10.2 Å². The molecule has 1 N–H and O–H groups in total. The summed E-state index contributed by atoms with van der Waals surface area (Å²) < 4.78 is 26.9. The average Bonchev–Trinajstić information content (AvgIpc) is 3.10. The molecule has 2 aromatic rings. The number of anilines is 1. The number of hydrogen-bond acceptors (Lipinski definition) is 6. The molecule has 1 aromatic heterocycles. The van der Waals surface area contributed by atoms with Gasteiger partial charge in [-0.1, -0.05) is 35.1 Å². The van der Waals surface area contributed by atoms with E-state index >= 15 is 0 Å². The molecule has 0 atom stereocenters. The molecule has 146 valence electrons. The average molecular weight is 430 g/mol. The van der Waals surface area contributed by atoms with E-state index in [4.69, 9.17) is 11.6 Å². The van der Waals surface area contributed by atoms with Gasteiger partial charge < -0.3 is 5.32 Å². The molecule has 0 radical (unpaired) electrons. The first-order chi connectivity index (χ1) is 12.8. The zero-order chi connectivity index (χ0) is 19.6. The Labute approximate surface area is 167 Å². The number of carbonyl (C=O) groups excluding carboxylic acids is 1. The quantitative estimate of drug-likeness (QED) is 0.786. The van der Waals surface area contributed by atoms with Crippen LogP contribution >= 0.6 is 22.9 Å². The van der Waals surface area contributed by atoms with E-state index in [2.05, 4.69) is 15.5 Å². The molecular formula is C16H20ClN5O3S2. The highest BCUT2D eigenvalue weighted by molar-refractivity contribution is 7.86. The fourth-order valence-corrected chi connectivity index (χ4v) is 4.78. The lowest BCUT2D eigenvalue weighted by Crippen LogP contribution is -2.46. The number of piperidine rings is 1. The molecule has 2 heterocycles. The van der Waals surface area contributed by atoms with Gasteiger partial charge in [-0.15, -0.1) is 10.2 Å². The molecule has 27 heavy (non-hydrogen) atoms. The van der Waals surface area contributed by atoms with Crippen molar-refractivity contribution < 1.29 is 13.2 Å². The molecule has 0 unspecified atom stereocenters.